The number of ether oxygens (including phenoxy) is 1. The van der Waals surface area contributed by atoms with Crippen molar-refractivity contribution < 1.29 is 19.2 Å². The third kappa shape index (κ3) is 2.07. The molecule has 5 nitrogen and oxygen atoms in total. The lowest BCUT2D eigenvalue weighted by atomic mass is 10.0. The largest absolute Gasteiger partial charge is 0.496 e. The van der Waals surface area contributed by atoms with Gasteiger partial charge in [-0.25, -0.2) is 4.79 Å². The van der Waals surface area contributed by atoms with Crippen molar-refractivity contribution in [2.75, 3.05) is 7.11 Å². The molecular weight excluding hydrogens is 234 g/mol. The van der Waals surface area contributed by atoms with Crippen LogP contribution in [0.4, 0.5) is 0 Å². The van der Waals surface area contributed by atoms with E-state index in [9.17, 15) is 4.79 Å². The van der Waals surface area contributed by atoms with E-state index in [4.69, 9.17) is 14.4 Å². The van der Waals surface area contributed by atoms with Crippen molar-refractivity contribution in [2.24, 2.45) is 0 Å². The molecule has 0 saturated carbocycles. The minimum absolute atomic E-state index is 0.102. The van der Waals surface area contributed by atoms with Crippen molar-refractivity contribution in [3.05, 3.63) is 35.5 Å². The molecule has 0 aliphatic carbocycles. The van der Waals surface area contributed by atoms with Crippen LogP contribution < -0.4 is 4.74 Å². The molecule has 5 heteroatoms. The highest BCUT2D eigenvalue weighted by atomic mass is 16.5. The zero-order valence-electron chi connectivity index (χ0n) is 10.1. The van der Waals surface area contributed by atoms with Gasteiger partial charge in [-0.1, -0.05) is 24.2 Å². The molecule has 0 saturated heterocycles. The van der Waals surface area contributed by atoms with Gasteiger partial charge in [0.1, 0.15) is 5.75 Å². The summed E-state index contributed by atoms with van der Waals surface area (Å²) in [7, 11) is 1.60. The molecular formula is C13H13NO4. The van der Waals surface area contributed by atoms with E-state index < -0.39 is 5.97 Å². The highest BCUT2D eigenvalue weighted by Crippen LogP contribution is 2.31. The second kappa shape index (κ2) is 4.91. The van der Waals surface area contributed by atoms with Gasteiger partial charge >= 0.3 is 5.97 Å². The average molecular weight is 247 g/mol. The number of methoxy groups -OCH3 is 1. The number of carboxylic acid groups (broad SMARTS) is 1. The number of rotatable bonds is 4. The summed E-state index contributed by atoms with van der Waals surface area (Å²) in [6.07, 6.45) is 0.752. The Balaban J connectivity index is 2.52. The maximum Gasteiger partial charge on any atom is 0.358 e. The highest BCUT2D eigenvalue weighted by molar-refractivity contribution is 5.86. The van der Waals surface area contributed by atoms with Crippen LogP contribution >= 0.6 is 0 Å². The van der Waals surface area contributed by atoms with Crippen LogP contribution in [0.25, 0.3) is 11.3 Å². The third-order valence-corrected chi connectivity index (χ3v) is 2.70. The van der Waals surface area contributed by atoms with Gasteiger partial charge in [0.05, 0.1) is 7.11 Å². The fourth-order valence-electron chi connectivity index (χ4n) is 1.86. The van der Waals surface area contributed by atoms with Crippen LogP contribution in [0.15, 0.2) is 28.8 Å². The summed E-state index contributed by atoms with van der Waals surface area (Å²) in [5.41, 5.74) is 1.67. The molecule has 0 fully saturated rings. The first-order chi connectivity index (χ1) is 8.67. The normalized spacial score (nSPS) is 10.3. The lowest BCUT2D eigenvalue weighted by Gasteiger charge is -2.09. The average Bonchev–Trinajstić information content (AvgIpc) is 2.87. The van der Waals surface area contributed by atoms with Crippen LogP contribution in [0, 0.1) is 0 Å². The Bertz CT molecular complexity index is 574. The molecule has 18 heavy (non-hydrogen) atoms. The smallest absolute Gasteiger partial charge is 0.358 e. The zero-order chi connectivity index (χ0) is 13.1. The Hall–Kier alpha value is -2.30. The van der Waals surface area contributed by atoms with Crippen molar-refractivity contribution in [3.8, 4) is 17.1 Å². The summed E-state index contributed by atoms with van der Waals surface area (Å²) < 4.78 is 10.3. The number of carboxylic acids is 1. The molecule has 0 aliphatic heterocycles. The summed E-state index contributed by atoms with van der Waals surface area (Å²) in [5.74, 6) is 0.0809. The monoisotopic (exact) mass is 247 g/mol. The molecule has 94 valence electrons. The number of nitrogens with zero attached hydrogens (tertiary/aromatic N) is 1. The van der Waals surface area contributed by atoms with Crippen molar-refractivity contribution in [1.29, 1.82) is 0 Å². The Morgan fingerprint density at radius 2 is 2.28 bits per heavy atom. The predicted molar refractivity (Wildman–Crippen MR) is 64.8 cm³/mol. The van der Waals surface area contributed by atoms with E-state index >= 15 is 0 Å². The summed E-state index contributed by atoms with van der Waals surface area (Å²) in [4.78, 5) is 10.8. The van der Waals surface area contributed by atoms with Crippen LogP contribution in [0.2, 0.25) is 0 Å². The van der Waals surface area contributed by atoms with Gasteiger partial charge in [-0.2, -0.15) is 0 Å². The first kappa shape index (κ1) is 12.2. The first-order valence-corrected chi connectivity index (χ1v) is 5.53. The second-order valence-corrected chi connectivity index (χ2v) is 3.72. The van der Waals surface area contributed by atoms with Crippen molar-refractivity contribution in [3.63, 3.8) is 0 Å². The molecule has 0 atom stereocenters. The molecule has 0 radical (unpaired) electrons. The van der Waals surface area contributed by atoms with Crippen LogP contribution in [0.3, 0.4) is 0 Å². The van der Waals surface area contributed by atoms with Crippen LogP contribution in [0.5, 0.6) is 5.75 Å². The molecule has 1 aromatic carbocycles. The van der Waals surface area contributed by atoms with Gasteiger partial charge in [0.15, 0.2) is 11.5 Å². The predicted octanol–water partition coefficient (Wildman–Crippen LogP) is 2.61. The van der Waals surface area contributed by atoms with Crippen molar-refractivity contribution >= 4 is 5.97 Å². The summed E-state index contributed by atoms with van der Waals surface area (Å²) >= 11 is 0. The Morgan fingerprint density at radius 1 is 1.50 bits per heavy atom. The van der Waals surface area contributed by atoms with Gasteiger partial charge in [-0.3, -0.25) is 0 Å². The Kier molecular flexibility index (Phi) is 3.32. The van der Waals surface area contributed by atoms with Crippen molar-refractivity contribution in [2.45, 2.75) is 13.3 Å². The molecule has 0 unspecified atom stereocenters. The number of hydrogen-bond acceptors (Lipinski definition) is 4. The van der Waals surface area contributed by atoms with E-state index in [-0.39, 0.29) is 5.69 Å². The van der Waals surface area contributed by atoms with E-state index in [0.29, 0.717) is 5.76 Å². The summed E-state index contributed by atoms with van der Waals surface area (Å²) in [6.45, 7) is 2.00. The molecule has 0 spiro atoms. The van der Waals surface area contributed by atoms with E-state index in [0.717, 1.165) is 23.3 Å². The van der Waals surface area contributed by atoms with Crippen LogP contribution in [-0.2, 0) is 6.42 Å². The van der Waals surface area contributed by atoms with Gasteiger partial charge in [0, 0.05) is 17.2 Å². The first-order valence-electron chi connectivity index (χ1n) is 5.53. The minimum atomic E-state index is -1.11. The molecule has 1 heterocycles. The summed E-state index contributed by atoms with van der Waals surface area (Å²) in [5, 5.41) is 12.3. The van der Waals surface area contributed by atoms with Gasteiger partial charge in [-0.05, 0) is 12.5 Å². The topological polar surface area (TPSA) is 72.6 Å². The number of benzene rings is 1. The Morgan fingerprint density at radius 3 is 2.83 bits per heavy atom. The van der Waals surface area contributed by atoms with Gasteiger partial charge < -0.3 is 14.4 Å². The quantitative estimate of drug-likeness (QED) is 0.899. The molecule has 1 aromatic heterocycles. The van der Waals surface area contributed by atoms with Gasteiger partial charge in [0.2, 0.25) is 0 Å². The van der Waals surface area contributed by atoms with E-state index in [1.54, 1.807) is 7.11 Å². The van der Waals surface area contributed by atoms with Gasteiger partial charge in [-0.15, -0.1) is 0 Å². The molecule has 0 aliphatic rings. The SMILES string of the molecule is CCc1c(OC)cccc1-c1cc(C(=O)O)no1. The van der Waals surface area contributed by atoms with Crippen LogP contribution in [0.1, 0.15) is 23.0 Å². The molecule has 0 bridgehead atoms. The number of aromatic carboxylic acids is 1. The zero-order valence-corrected chi connectivity index (χ0v) is 10.1. The lowest BCUT2D eigenvalue weighted by molar-refractivity contribution is 0.0686. The lowest BCUT2D eigenvalue weighted by Crippen LogP contribution is -1.95. The van der Waals surface area contributed by atoms with Crippen molar-refractivity contribution in [1.82, 2.24) is 5.16 Å². The van der Waals surface area contributed by atoms with E-state index in [1.807, 2.05) is 25.1 Å². The fraction of sp³-hybridized carbons (Fsp3) is 0.231. The van der Waals surface area contributed by atoms with E-state index in [1.165, 1.54) is 6.07 Å². The number of hydrogen-bond donors (Lipinski definition) is 1. The molecule has 1 N–H and O–H groups in total. The second-order valence-electron chi connectivity index (χ2n) is 3.72. The van der Waals surface area contributed by atoms with E-state index in [2.05, 4.69) is 5.16 Å². The third-order valence-electron chi connectivity index (χ3n) is 2.70. The number of carbonyl (C=O) groups is 1. The molecule has 2 rings (SSSR count). The van der Waals surface area contributed by atoms with Gasteiger partial charge in [0.25, 0.3) is 0 Å². The fourth-order valence-corrected chi connectivity index (χ4v) is 1.86. The molecule has 2 aromatic rings. The minimum Gasteiger partial charge on any atom is -0.496 e. The maximum absolute atomic E-state index is 10.8. The number of aromatic nitrogens is 1. The molecule has 0 amide bonds. The standard InChI is InChI=1S/C13H13NO4/c1-3-8-9(5-4-6-11(8)17-2)12-7-10(13(15)16)14-18-12/h4-7H,3H2,1-2H3,(H,15,16). The summed E-state index contributed by atoms with van der Waals surface area (Å²) in [6, 6.07) is 6.96. The maximum atomic E-state index is 10.8. The highest BCUT2D eigenvalue weighted by Gasteiger charge is 2.16. The Labute approximate surface area is 104 Å². The van der Waals surface area contributed by atoms with Crippen LogP contribution in [-0.4, -0.2) is 23.3 Å².